The molecule has 3 aromatic carbocycles. The number of hydrogen-bond acceptors (Lipinski definition) is 1. The van der Waals surface area contributed by atoms with Crippen molar-refractivity contribution in [3.05, 3.63) is 105 Å². The van der Waals surface area contributed by atoms with Crippen LogP contribution in [0.3, 0.4) is 0 Å². The van der Waals surface area contributed by atoms with E-state index in [0.717, 1.165) is 17.5 Å². The molecule has 0 aromatic heterocycles. The van der Waals surface area contributed by atoms with Crippen LogP contribution < -0.4 is 0 Å². The number of halogens is 3. The first-order chi connectivity index (χ1) is 13.0. The number of carbonyl (C=O) groups excluding carboxylic acids is 1. The Morgan fingerprint density at radius 3 is 2.33 bits per heavy atom. The SMILES string of the molecule is O=C(c1cc(Cl)cc(Cl)c1)N1CCc2ccccc2[C@H]1c1ccc(F)cc1. The summed E-state index contributed by atoms with van der Waals surface area (Å²) in [6.07, 6.45) is 0.758. The third-order valence-electron chi connectivity index (χ3n) is 4.84. The lowest BCUT2D eigenvalue weighted by Gasteiger charge is -2.38. The summed E-state index contributed by atoms with van der Waals surface area (Å²) in [4.78, 5) is 15.1. The first kappa shape index (κ1) is 18.0. The van der Waals surface area contributed by atoms with Gasteiger partial charge in [-0.25, -0.2) is 4.39 Å². The largest absolute Gasteiger partial charge is 0.327 e. The van der Waals surface area contributed by atoms with Gasteiger partial charge >= 0.3 is 0 Å². The van der Waals surface area contributed by atoms with Crippen molar-refractivity contribution in [3.8, 4) is 0 Å². The average molecular weight is 400 g/mol. The van der Waals surface area contributed by atoms with E-state index in [1.165, 1.54) is 17.7 Å². The van der Waals surface area contributed by atoms with Crippen molar-refractivity contribution in [2.24, 2.45) is 0 Å². The normalized spacial score (nSPS) is 16.1. The molecule has 0 fully saturated rings. The van der Waals surface area contributed by atoms with Crippen LogP contribution in [-0.4, -0.2) is 17.4 Å². The Bertz CT molecular complexity index is 983. The van der Waals surface area contributed by atoms with Crippen molar-refractivity contribution in [1.29, 1.82) is 0 Å². The highest BCUT2D eigenvalue weighted by Gasteiger charge is 2.32. The van der Waals surface area contributed by atoms with Crippen LogP contribution >= 0.6 is 23.2 Å². The molecule has 1 amide bonds. The Morgan fingerprint density at radius 2 is 1.63 bits per heavy atom. The second-order valence-corrected chi connectivity index (χ2v) is 7.43. The number of nitrogens with zero attached hydrogens (tertiary/aromatic N) is 1. The van der Waals surface area contributed by atoms with Crippen LogP contribution in [0.2, 0.25) is 10.0 Å². The molecule has 2 nitrogen and oxygen atoms in total. The van der Waals surface area contributed by atoms with Gasteiger partial charge in [-0.05, 0) is 53.4 Å². The Labute approximate surface area is 167 Å². The van der Waals surface area contributed by atoms with Gasteiger partial charge in [0.25, 0.3) is 5.91 Å². The minimum atomic E-state index is -0.303. The van der Waals surface area contributed by atoms with E-state index >= 15 is 0 Å². The minimum absolute atomic E-state index is 0.150. The second kappa shape index (κ2) is 7.34. The van der Waals surface area contributed by atoms with Gasteiger partial charge < -0.3 is 4.90 Å². The van der Waals surface area contributed by atoms with Gasteiger partial charge in [-0.2, -0.15) is 0 Å². The van der Waals surface area contributed by atoms with Crippen LogP contribution in [0.1, 0.15) is 33.1 Å². The summed E-state index contributed by atoms with van der Waals surface area (Å²) in [6.45, 7) is 0.558. The molecule has 136 valence electrons. The molecule has 1 aliphatic rings. The van der Waals surface area contributed by atoms with Gasteiger partial charge in [-0.1, -0.05) is 59.6 Å². The molecular formula is C22H16Cl2FNO. The molecular weight excluding hydrogens is 384 g/mol. The van der Waals surface area contributed by atoms with Crippen LogP contribution in [0, 0.1) is 5.82 Å². The quantitative estimate of drug-likeness (QED) is 0.523. The van der Waals surface area contributed by atoms with Crippen molar-refractivity contribution in [2.75, 3.05) is 6.54 Å². The van der Waals surface area contributed by atoms with Crippen LogP contribution in [-0.2, 0) is 6.42 Å². The number of amides is 1. The maximum Gasteiger partial charge on any atom is 0.254 e. The fourth-order valence-electron chi connectivity index (χ4n) is 3.63. The molecule has 0 bridgehead atoms. The zero-order valence-electron chi connectivity index (χ0n) is 14.3. The zero-order valence-corrected chi connectivity index (χ0v) is 15.8. The molecule has 1 aliphatic heterocycles. The smallest absolute Gasteiger partial charge is 0.254 e. The minimum Gasteiger partial charge on any atom is -0.327 e. The molecule has 1 atom stereocenters. The van der Waals surface area contributed by atoms with E-state index in [-0.39, 0.29) is 17.8 Å². The lowest BCUT2D eigenvalue weighted by atomic mass is 9.87. The van der Waals surface area contributed by atoms with Gasteiger partial charge in [0.05, 0.1) is 6.04 Å². The van der Waals surface area contributed by atoms with Crippen LogP contribution in [0.25, 0.3) is 0 Å². The first-order valence-corrected chi connectivity index (χ1v) is 9.39. The molecule has 0 saturated carbocycles. The van der Waals surface area contributed by atoms with Crippen LogP contribution in [0.15, 0.2) is 66.7 Å². The van der Waals surface area contributed by atoms with Gasteiger partial charge in [0, 0.05) is 22.2 Å². The van der Waals surface area contributed by atoms with Gasteiger partial charge in [-0.3, -0.25) is 4.79 Å². The Morgan fingerprint density at radius 1 is 0.963 bits per heavy atom. The number of carbonyl (C=O) groups is 1. The topological polar surface area (TPSA) is 20.3 Å². The standard InChI is InChI=1S/C22H16Cl2FNO/c23-17-11-16(12-18(24)13-17)22(27)26-10-9-14-3-1-2-4-20(14)21(26)15-5-7-19(25)8-6-15/h1-8,11-13,21H,9-10H2/t21-/m1/s1. The van der Waals surface area contributed by atoms with Crippen molar-refractivity contribution in [2.45, 2.75) is 12.5 Å². The second-order valence-electron chi connectivity index (χ2n) is 6.56. The summed E-state index contributed by atoms with van der Waals surface area (Å²) in [5.41, 5.74) is 3.56. The monoisotopic (exact) mass is 399 g/mol. The van der Waals surface area contributed by atoms with Gasteiger partial charge in [0.2, 0.25) is 0 Å². The van der Waals surface area contributed by atoms with E-state index in [0.29, 0.717) is 22.2 Å². The molecule has 0 unspecified atom stereocenters. The molecule has 5 heteroatoms. The molecule has 0 radical (unpaired) electrons. The van der Waals surface area contributed by atoms with Crippen molar-refractivity contribution in [1.82, 2.24) is 4.90 Å². The van der Waals surface area contributed by atoms with Crippen LogP contribution in [0.4, 0.5) is 4.39 Å². The molecule has 0 spiro atoms. The summed E-state index contributed by atoms with van der Waals surface area (Å²) in [5.74, 6) is -0.453. The van der Waals surface area contributed by atoms with Gasteiger partial charge in [0.1, 0.15) is 5.82 Å². The molecule has 4 rings (SSSR count). The number of fused-ring (bicyclic) bond motifs is 1. The third-order valence-corrected chi connectivity index (χ3v) is 5.28. The molecule has 0 saturated heterocycles. The average Bonchev–Trinajstić information content (AvgIpc) is 2.66. The highest BCUT2D eigenvalue weighted by Crippen LogP contribution is 2.36. The fraction of sp³-hybridized carbons (Fsp3) is 0.136. The Hall–Kier alpha value is -2.36. The Kier molecular flexibility index (Phi) is 4.90. The predicted octanol–water partition coefficient (Wildman–Crippen LogP) is 5.92. The fourth-order valence-corrected chi connectivity index (χ4v) is 4.16. The van der Waals surface area contributed by atoms with E-state index in [1.807, 2.05) is 18.2 Å². The van der Waals surface area contributed by atoms with Crippen LogP contribution in [0.5, 0.6) is 0 Å². The zero-order chi connectivity index (χ0) is 19.0. The molecule has 0 N–H and O–H groups in total. The molecule has 27 heavy (non-hydrogen) atoms. The van der Waals surface area contributed by atoms with E-state index < -0.39 is 0 Å². The lowest BCUT2D eigenvalue weighted by molar-refractivity contribution is 0.0694. The molecule has 0 aliphatic carbocycles. The highest BCUT2D eigenvalue weighted by atomic mass is 35.5. The van der Waals surface area contributed by atoms with Crippen molar-refractivity contribution < 1.29 is 9.18 Å². The van der Waals surface area contributed by atoms with E-state index in [2.05, 4.69) is 6.07 Å². The summed E-state index contributed by atoms with van der Waals surface area (Å²) in [5, 5.41) is 0.836. The maximum absolute atomic E-state index is 13.4. The van der Waals surface area contributed by atoms with Crippen molar-refractivity contribution >= 4 is 29.1 Å². The van der Waals surface area contributed by atoms with Crippen molar-refractivity contribution in [3.63, 3.8) is 0 Å². The molecule has 3 aromatic rings. The van der Waals surface area contributed by atoms with E-state index in [1.54, 1.807) is 35.2 Å². The Balaban J connectivity index is 1.81. The molecule has 1 heterocycles. The summed E-state index contributed by atoms with van der Waals surface area (Å²) >= 11 is 12.2. The van der Waals surface area contributed by atoms with Gasteiger partial charge in [-0.15, -0.1) is 0 Å². The number of hydrogen-bond donors (Lipinski definition) is 0. The summed E-state index contributed by atoms with van der Waals surface area (Å²) < 4.78 is 13.4. The maximum atomic E-state index is 13.4. The first-order valence-electron chi connectivity index (χ1n) is 8.63. The lowest BCUT2D eigenvalue weighted by Crippen LogP contribution is -2.40. The number of rotatable bonds is 2. The highest BCUT2D eigenvalue weighted by molar-refractivity contribution is 6.35. The van der Waals surface area contributed by atoms with E-state index in [4.69, 9.17) is 23.2 Å². The summed E-state index contributed by atoms with van der Waals surface area (Å²) in [6, 6.07) is 18.9. The van der Waals surface area contributed by atoms with E-state index in [9.17, 15) is 9.18 Å². The third kappa shape index (κ3) is 3.58. The van der Waals surface area contributed by atoms with Gasteiger partial charge in [0.15, 0.2) is 0 Å². The predicted molar refractivity (Wildman–Crippen MR) is 106 cm³/mol. The number of benzene rings is 3. The summed E-state index contributed by atoms with van der Waals surface area (Å²) in [7, 11) is 0.